The number of benzene rings is 4. The molecule has 0 aliphatic heterocycles. The van der Waals surface area contributed by atoms with Crippen molar-refractivity contribution in [3.63, 3.8) is 0 Å². The van der Waals surface area contributed by atoms with Gasteiger partial charge >= 0.3 is 7.12 Å². The zero-order valence-corrected chi connectivity index (χ0v) is 29.7. The number of fused-ring (bicyclic) bond motifs is 6. The Morgan fingerprint density at radius 2 is 1.02 bits per heavy atom. The van der Waals surface area contributed by atoms with Crippen molar-refractivity contribution in [2.45, 2.75) is 103 Å². The Morgan fingerprint density at radius 1 is 0.543 bits per heavy atom. The molecule has 8 rings (SSSR count). The summed E-state index contributed by atoms with van der Waals surface area (Å²) in [6, 6.07) is 33.6. The Morgan fingerprint density at radius 3 is 1.54 bits per heavy atom. The van der Waals surface area contributed by atoms with E-state index in [1.54, 1.807) is 46.5 Å². The molecule has 0 saturated heterocycles. The second-order valence-electron chi connectivity index (χ2n) is 15.4. The van der Waals surface area contributed by atoms with E-state index in [0.29, 0.717) is 27.1 Å². The maximum atomic E-state index is 8.58. The number of hydrogen-bond donors (Lipinski definition) is 2. The van der Waals surface area contributed by atoms with Crippen LogP contribution in [-0.4, -0.2) is 17.2 Å². The highest BCUT2D eigenvalue weighted by molar-refractivity contribution is 9.10. The highest BCUT2D eigenvalue weighted by Gasteiger charge is 2.53. The van der Waals surface area contributed by atoms with Crippen LogP contribution in [0.1, 0.15) is 101 Å². The molecule has 0 amide bonds. The van der Waals surface area contributed by atoms with E-state index >= 15 is 0 Å². The molecule has 4 heteroatoms. The van der Waals surface area contributed by atoms with Crippen LogP contribution in [0.4, 0.5) is 0 Å². The first-order chi connectivity index (χ1) is 22.0. The molecule has 4 aromatic carbocycles. The molecule has 2 nitrogen and oxygen atoms in total. The third-order valence-corrected chi connectivity index (χ3v) is 13.2. The van der Waals surface area contributed by atoms with Crippen molar-refractivity contribution in [3.05, 3.63) is 124 Å². The second kappa shape index (κ2) is 13.1. The quantitative estimate of drug-likeness (QED) is 0.208. The van der Waals surface area contributed by atoms with Gasteiger partial charge in [-0.2, -0.15) is 0 Å². The van der Waals surface area contributed by atoms with Gasteiger partial charge in [0.25, 0.3) is 0 Å². The molecule has 0 spiro atoms. The van der Waals surface area contributed by atoms with E-state index < -0.39 is 7.12 Å². The zero-order valence-electron chi connectivity index (χ0n) is 28.2. The highest BCUT2D eigenvalue weighted by atomic mass is 79.9. The van der Waals surface area contributed by atoms with Gasteiger partial charge in [0.2, 0.25) is 0 Å². The summed E-state index contributed by atoms with van der Waals surface area (Å²) in [5.74, 6) is 0. The van der Waals surface area contributed by atoms with Gasteiger partial charge in [0, 0.05) is 4.47 Å². The third kappa shape index (κ3) is 6.06. The number of hydrogen-bond acceptors (Lipinski definition) is 2. The molecular weight excluding hydrogens is 627 g/mol. The lowest BCUT2D eigenvalue weighted by Gasteiger charge is -2.46. The summed E-state index contributed by atoms with van der Waals surface area (Å²) in [6.07, 6.45) is 13.7. The Bertz CT molecular complexity index is 1660. The summed E-state index contributed by atoms with van der Waals surface area (Å²) in [7, 11) is -1.34. The fourth-order valence-electron chi connectivity index (χ4n) is 9.37. The molecule has 4 aliphatic carbocycles. The third-order valence-electron chi connectivity index (χ3n) is 12.7. The van der Waals surface area contributed by atoms with Crippen LogP contribution in [0.5, 0.6) is 0 Å². The van der Waals surface area contributed by atoms with Gasteiger partial charge in [0.05, 0.1) is 0 Å². The number of rotatable bonds is 2. The van der Waals surface area contributed by atoms with E-state index in [0.717, 1.165) is 0 Å². The monoisotopic (exact) mass is 676 g/mol. The Balaban J connectivity index is 0.000000131. The molecule has 0 bridgehead atoms. The number of halogens is 1. The van der Waals surface area contributed by atoms with E-state index in [9.17, 15) is 0 Å². The maximum absolute atomic E-state index is 8.58. The van der Waals surface area contributed by atoms with Crippen LogP contribution in [0.2, 0.25) is 0 Å². The van der Waals surface area contributed by atoms with Gasteiger partial charge in [0.15, 0.2) is 0 Å². The lowest BCUT2D eigenvalue weighted by atomic mass is 9.58. The van der Waals surface area contributed by atoms with Gasteiger partial charge in [-0.25, -0.2) is 0 Å². The molecule has 4 atom stereocenters. The minimum atomic E-state index is -1.34. The summed E-state index contributed by atoms with van der Waals surface area (Å²) in [4.78, 5) is 0. The van der Waals surface area contributed by atoms with Crippen molar-refractivity contribution in [3.8, 4) is 11.1 Å². The van der Waals surface area contributed by atoms with Crippen LogP contribution < -0.4 is 5.46 Å². The van der Waals surface area contributed by atoms with Crippen LogP contribution in [0.15, 0.2) is 102 Å². The average molecular weight is 678 g/mol. The fraction of sp³-hybridized carbons (Fsp3) is 0.429. The van der Waals surface area contributed by atoms with E-state index in [4.69, 9.17) is 10.0 Å². The van der Waals surface area contributed by atoms with Gasteiger partial charge in [-0.1, -0.05) is 154 Å². The van der Waals surface area contributed by atoms with Crippen LogP contribution in [0.25, 0.3) is 11.1 Å². The first-order valence-corrected chi connectivity index (χ1v) is 18.2. The van der Waals surface area contributed by atoms with Gasteiger partial charge in [-0.15, -0.1) is 0 Å². The molecule has 4 unspecified atom stereocenters. The van der Waals surface area contributed by atoms with Crippen LogP contribution in [0.3, 0.4) is 0 Å². The van der Waals surface area contributed by atoms with Crippen molar-refractivity contribution in [2.75, 3.05) is 0 Å². The molecule has 46 heavy (non-hydrogen) atoms. The SMILES string of the molecule is CC12CCCCC1(C)c1cc(-c3ccccc3)ccc1C2.CC12CCCCC1(C)c1cc(Br)ccc1C2.OB(O)c1ccccc1. The first kappa shape index (κ1) is 33.3. The van der Waals surface area contributed by atoms with Crippen molar-refractivity contribution in [1.29, 1.82) is 0 Å². The molecule has 0 heterocycles. The minimum absolute atomic E-state index is 0.380. The van der Waals surface area contributed by atoms with Crippen molar-refractivity contribution >= 4 is 28.5 Å². The smallest absolute Gasteiger partial charge is 0.423 e. The Labute approximate surface area is 286 Å². The van der Waals surface area contributed by atoms with Gasteiger partial charge < -0.3 is 10.0 Å². The Hall–Kier alpha value is -2.66. The molecular formula is C42H50BBrO2. The second-order valence-corrected chi connectivity index (χ2v) is 16.3. The molecule has 2 N–H and O–H groups in total. The summed E-state index contributed by atoms with van der Waals surface area (Å²) >= 11 is 3.62. The molecule has 240 valence electrons. The highest BCUT2D eigenvalue weighted by Crippen LogP contribution is 2.60. The zero-order chi connectivity index (χ0) is 32.6. The van der Waals surface area contributed by atoms with Crippen LogP contribution in [-0.2, 0) is 23.7 Å². The summed E-state index contributed by atoms with van der Waals surface area (Å²) in [5, 5.41) is 17.2. The summed E-state index contributed by atoms with van der Waals surface area (Å²) in [6.45, 7) is 10.0. The van der Waals surface area contributed by atoms with E-state index in [-0.39, 0.29) is 0 Å². The predicted octanol–water partition coefficient (Wildman–Crippen LogP) is 9.96. The van der Waals surface area contributed by atoms with Gasteiger partial charge in [-0.05, 0) is 111 Å². The summed E-state index contributed by atoms with van der Waals surface area (Å²) in [5.41, 5.74) is 11.5. The average Bonchev–Trinajstić information content (AvgIpc) is 3.45. The molecule has 0 radical (unpaired) electrons. The maximum Gasteiger partial charge on any atom is 0.488 e. The van der Waals surface area contributed by atoms with Crippen LogP contribution >= 0.6 is 15.9 Å². The fourth-order valence-corrected chi connectivity index (χ4v) is 9.73. The normalized spacial score (nSPS) is 28.7. The molecule has 2 fully saturated rings. The lowest BCUT2D eigenvalue weighted by Crippen LogP contribution is -2.40. The molecule has 4 aromatic rings. The topological polar surface area (TPSA) is 40.5 Å². The first-order valence-electron chi connectivity index (χ1n) is 17.4. The van der Waals surface area contributed by atoms with Crippen molar-refractivity contribution in [1.82, 2.24) is 0 Å². The molecule has 4 aliphatic rings. The molecule has 0 aromatic heterocycles. The van der Waals surface area contributed by atoms with Crippen molar-refractivity contribution < 1.29 is 10.0 Å². The van der Waals surface area contributed by atoms with Gasteiger partial charge in [-0.3, -0.25) is 0 Å². The van der Waals surface area contributed by atoms with Crippen LogP contribution in [0, 0.1) is 10.8 Å². The van der Waals surface area contributed by atoms with E-state index in [1.165, 1.54) is 79.8 Å². The Kier molecular flexibility index (Phi) is 9.47. The largest absolute Gasteiger partial charge is 0.488 e. The van der Waals surface area contributed by atoms with Gasteiger partial charge in [0.1, 0.15) is 0 Å². The minimum Gasteiger partial charge on any atom is -0.423 e. The lowest BCUT2D eigenvalue weighted by molar-refractivity contribution is 0.109. The predicted molar refractivity (Wildman–Crippen MR) is 198 cm³/mol. The van der Waals surface area contributed by atoms with Crippen molar-refractivity contribution in [2.24, 2.45) is 10.8 Å². The molecule has 2 saturated carbocycles. The standard InChI is InChI=1S/C21H24.C15H19Br.C6H7BO2/c1-20-12-6-7-13-21(20,2)19-14-17(10-11-18(19)15-20)16-8-4-3-5-9-16;1-14-7-3-4-8-15(14,2)13-9-12(16)6-5-11(13)10-14;8-7(9)6-4-2-1-3-5-6/h3-5,8-11,14H,6-7,12-13,15H2,1-2H3;5-6,9H,3-4,7-8,10H2,1-2H3;1-5,8-9H. The van der Waals surface area contributed by atoms with E-state index in [1.807, 2.05) is 6.07 Å². The summed E-state index contributed by atoms with van der Waals surface area (Å²) < 4.78 is 1.24. The van der Waals surface area contributed by atoms with E-state index in [2.05, 4.69) is 110 Å².